The molecule has 0 saturated carbocycles. The topological polar surface area (TPSA) is 106 Å². The van der Waals surface area contributed by atoms with Gasteiger partial charge in [0, 0.05) is 18.1 Å². The molecule has 0 saturated heterocycles. The zero-order valence-corrected chi connectivity index (χ0v) is 12.0. The van der Waals surface area contributed by atoms with Crippen molar-refractivity contribution >= 4 is 23.6 Å². The Hall–Kier alpha value is -1.63. The Balaban J connectivity index is 3.06. The molecule has 3 N–H and O–H groups in total. The molecule has 0 spiro atoms. The summed E-state index contributed by atoms with van der Waals surface area (Å²) in [6, 6.07) is 0. The number of primary amides is 1. The van der Waals surface area contributed by atoms with Gasteiger partial charge in [0.15, 0.2) is 0 Å². The number of nitrogens with zero attached hydrogens (tertiary/aromatic N) is 2. The molecule has 0 aliphatic heterocycles. The van der Waals surface area contributed by atoms with Gasteiger partial charge in [0.25, 0.3) is 0 Å². The van der Waals surface area contributed by atoms with Crippen molar-refractivity contribution in [3.8, 4) is 0 Å². The Bertz CT molecular complexity index is 505. The van der Waals surface area contributed by atoms with Crippen LogP contribution in [0.3, 0.4) is 0 Å². The zero-order chi connectivity index (χ0) is 14.6. The van der Waals surface area contributed by atoms with Gasteiger partial charge in [-0.25, -0.2) is 14.8 Å². The van der Waals surface area contributed by atoms with Crippen LogP contribution in [0.4, 0.5) is 0 Å². The van der Waals surface area contributed by atoms with E-state index in [2.05, 4.69) is 9.97 Å². The standard InChI is InChI=1S/C12H17N3O3S/c1-4-8-14-7(3)9(12(17)18)11(15-8)19-5-6(2)10(13)16/h6H,4-5H2,1-3H3,(H2,13,16)(H,17,18). The number of carbonyl (C=O) groups is 2. The van der Waals surface area contributed by atoms with Crippen molar-refractivity contribution in [1.29, 1.82) is 0 Å². The average Bonchev–Trinajstić information content (AvgIpc) is 2.34. The van der Waals surface area contributed by atoms with E-state index in [0.29, 0.717) is 28.7 Å². The van der Waals surface area contributed by atoms with E-state index in [1.807, 2.05) is 6.92 Å². The van der Waals surface area contributed by atoms with Crippen LogP contribution in [-0.4, -0.2) is 32.7 Å². The first-order valence-corrected chi connectivity index (χ1v) is 6.88. The van der Waals surface area contributed by atoms with Crippen LogP contribution in [0.1, 0.15) is 35.7 Å². The van der Waals surface area contributed by atoms with Crippen molar-refractivity contribution in [3.05, 3.63) is 17.1 Å². The number of carboxylic acid groups (broad SMARTS) is 1. The molecule has 0 fully saturated rings. The number of hydrogen-bond donors (Lipinski definition) is 2. The highest BCUT2D eigenvalue weighted by Crippen LogP contribution is 2.25. The fraction of sp³-hybridized carbons (Fsp3) is 0.500. The van der Waals surface area contributed by atoms with Gasteiger partial charge in [0.2, 0.25) is 5.91 Å². The normalized spacial score (nSPS) is 12.2. The lowest BCUT2D eigenvalue weighted by Crippen LogP contribution is -2.22. The smallest absolute Gasteiger partial charge is 0.340 e. The number of amides is 1. The third kappa shape index (κ3) is 3.92. The summed E-state index contributed by atoms with van der Waals surface area (Å²) in [5, 5.41) is 9.59. The van der Waals surface area contributed by atoms with Crippen LogP contribution in [0, 0.1) is 12.8 Å². The molecule has 1 aromatic heterocycles. The molecule has 1 amide bonds. The van der Waals surface area contributed by atoms with E-state index in [9.17, 15) is 14.7 Å². The van der Waals surface area contributed by atoms with Gasteiger partial charge in [-0.15, -0.1) is 11.8 Å². The van der Waals surface area contributed by atoms with Crippen LogP contribution in [-0.2, 0) is 11.2 Å². The summed E-state index contributed by atoms with van der Waals surface area (Å²) in [4.78, 5) is 30.6. The van der Waals surface area contributed by atoms with Crippen LogP contribution >= 0.6 is 11.8 Å². The number of thioether (sulfide) groups is 1. The molecule has 1 unspecified atom stereocenters. The van der Waals surface area contributed by atoms with Crippen LogP contribution in [0.25, 0.3) is 0 Å². The number of aryl methyl sites for hydroxylation is 2. The molecule has 1 aromatic rings. The van der Waals surface area contributed by atoms with Gasteiger partial charge >= 0.3 is 5.97 Å². The van der Waals surface area contributed by atoms with Crippen molar-refractivity contribution < 1.29 is 14.7 Å². The highest BCUT2D eigenvalue weighted by molar-refractivity contribution is 7.99. The summed E-state index contributed by atoms with van der Waals surface area (Å²) < 4.78 is 0. The largest absolute Gasteiger partial charge is 0.478 e. The molecule has 0 bridgehead atoms. The number of carbonyl (C=O) groups excluding carboxylic acids is 1. The van der Waals surface area contributed by atoms with Crippen molar-refractivity contribution in [1.82, 2.24) is 9.97 Å². The Kier molecular flexibility index (Phi) is 5.29. The molecule has 6 nitrogen and oxygen atoms in total. The SMILES string of the molecule is CCc1nc(C)c(C(=O)O)c(SCC(C)C(N)=O)n1. The van der Waals surface area contributed by atoms with E-state index >= 15 is 0 Å². The van der Waals surface area contributed by atoms with E-state index < -0.39 is 11.9 Å². The summed E-state index contributed by atoms with van der Waals surface area (Å²) >= 11 is 1.22. The van der Waals surface area contributed by atoms with E-state index in [1.54, 1.807) is 13.8 Å². The fourth-order valence-electron chi connectivity index (χ4n) is 1.40. The Labute approximate surface area is 115 Å². The summed E-state index contributed by atoms with van der Waals surface area (Å²) in [7, 11) is 0. The molecule has 0 aliphatic rings. The summed E-state index contributed by atoms with van der Waals surface area (Å²) in [6.07, 6.45) is 0.625. The van der Waals surface area contributed by atoms with E-state index in [0.717, 1.165) is 0 Å². The van der Waals surface area contributed by atoms with Crippen molar-refractivity contribution in [2.45, 2.75) is 32.2 Å². The zero-order valence-electron chi connectivity index (χ0n) is 11.1. The van der Waals surface area contributed by atoms with Crippen molar-refractivity contribution in [2.75, 3.05) is 5.75 Å². The predicted octanol–water partition coefficient (Wildman–Crippen LogP) is 1.26. The summed E-state index contributed by atoms with van der Waals surface area (Å²) in [6.45, 7) is 5.24. The van der Waals surface area contributed by atoms with Gasteiger partial charge in [-0.3, -0.25) is 4.79 Å². The maximum Gasteiger partial charge on any atom is 0.340 e. The maximum absolute atomic E-state index is 11.2. The number of aromatic nitrogens is 2. The van der Waals surface area contributed by atoms with Crippen molar-refractivity contribution in [3.63, 3.8) is 0 Å². The van der Waals surface area contributed by atoms with Gasteiger partial charge in [0.1, 0.15) is 16.4 Å². The number of hydrogen-bond acceptors (Lipinski definition) is 5. The maximum atomic E-state index is 11.2. The molecular weight excluding hydrogens is 266 g/mol. The molecular formula is C12H17N3O3S. The Morgan fingerprint density at radius 3 is 2.53 bits per heavy atom. The quantitative estimate of drug-likeness (QED) is 0.601. The monoisotopic (exact) mass is 283 g/mol. The van der Waals surface area contributed by atoms with Crippen LogP contribution in [0.15, 0.2) is 5.03 Å². The van der Waals surface area contributed by atoms with Crippen LogP contribution < -0.4 is 5.73 Å². The highest BCUT2D eigenvalue weighted by Gasteiger charge is 2.19. The lowest BCUT2D eigenvalue weighted by Gasteiger charge is -2.11. The van der Waals surface area contributed by atoms with Gasteiger partial charge in [-0.05, 0) is 6.92 Å². The molecule has 0 aromatic carbocycles. The molecule has 0 aliphatic carbocycles. The molecule has 7 heteroatoms. The molecule has 0 radical (unpaired) electrons. The summed E-state index contributed by atoms with van der Waals surface area (Å²) in [5.41, 5.74) is 5.72. The molecule has 1 heterocycles. The minimum atomic E-state index is -1.06. The number of aromatic carboxylic acids is 1. The Morgan fingerprint density at radius 2 is 2.05 bits per heavy atom. The first-order valence-electron chi connectivity index (χ1n) is 5.89. The van der Waals surface area contributed by atoms with Gasteiger partial charge in [0.05, 0.1) is 5.69 Å². The first kappa shape index (κ1) is 15.4. The highest BCUT2D eigenvalue weighted by atomic mass is 32.2. The molecule has 1 atom stereocenters. The fourth-order valence-corrected chi connectivity index (χ4v) is 2.52. The minimum absolute atomic E-state index is 0.0962. The molecule has 1 rings (SSSR count). The molecule has 104 valence electrons. The lowest BCUT2D eigenvalue weighted by molar-refractivity contribution is -0.120. The average molecular weight is 283 g/mol. The molecule has 19 heavy (non-hydrogen) atoms. The summed E-state index contributed by atoms with van der Waals surface area (Å²) in [5.74, 6) is -0.821. The van der Waals surface area contributed by atoms with Gasteiger partial charge in [-0.1, -0.05) is 13.8 Å². The van der Waals surface area contributed by atoms with E-state index in [1.165, 1.54) is 11.8 Å². The number of rotatable bonds is 6. The minimum Gasteiger partial charge on any atom is -0.478 e. The Morgan fingerprint density at radius 1 is 1.42 bits per heavy atom. The van der Waals surface area contributed by atoms with Crippen LogP contribution in [0.2, 0.25) is 0 Å². The number of nitrogens with two attached hydrogens (primary N) is 1. The second-order valence-corrected chi connectivity index (χ2v) is 5.19. The predicted molar refractivity (Wildman–Crippen MR) is 72.2 cm³/mol. The van der Waals surface area contributed by atoms with Gasteiger partial charge < -0.3 is 10.8 Å². The second kappa shape index (κ2) is 6.51. The third-order valence-corrected chi connectivity index (χ3v) is 3.82. The second-order valence-electron chi connectivity index (χ2n) is 4.18. The van der Waals surface area contributed by atoms with E-state index in [4.69, 9.17) is 5.73 Å². The third-order valence-electron chi connectivity index (χ3n) is 2.59. The lowest BCUT2D eigenvalue weighted by atomic mass is 10.2. The van der Waals surface area contributed by atoms with E-state index in [-0.39, 0.29) is 11.5 Å². The van der Waals surface area contributed by atoms with Crippen LogP contribution in [0.5, 0.6) is 0 Å². The van der Waals surface area contributed by atoms with Gasteiger partial charge in [-0.2, -0.15) is 0 Å². The van der Waals surface area contributed by atoms with Crippen molar-refractivity contribution in [2.24, 2.45) is 11.7 Å². The first-order chi connectivity index (χ1) is 8.86. The number of carboxylic acids is 1.